The fraction of sp³-hybridized carbons (Fsp3) is 0.524. The van der Waals surface area contributed by atoms with E-state index in [4.69, 9.17) is 14.2 Å². The maximum absolute atomic E-state index is 7.59. The Bertz CT molecular complexity index is 1440. The molecule has 45 heavy (non-hydrogen) atoms. The first-order valence-electron chi connectivity index (χ1n) is 17.6. The highest BCUT2D eigenvalue weighted by molar-refractivity contribution is 5.29. The van der Waals surface area contributed by atoms with E-state index in [0.29, 0.717) is 31.7 Å². The molecule has 8 atom stereocenters. The Morgan fingerprint density at radius 2 is 1.22 bits per heavy atom. The maximum Gasteiger partial charge on any atom is 0.0903 e. The fourth-order valence-electron chi connectivity index (χ4n) is 10.6. The van der Waals surface area contributed by atoms with Gasteiger partial charge < -0.3 is 14.2 Å². The van der Waals surface area contributed by atoms with Crippen LogP contribution in [0, 0.1) is 28.6 Å². The molecule has 0 heterocycles. The second-order valence-corrected chi connectivity index (χ2v) is 14.9. The van der Waals surface area contributed by atoms with Gasteiger partial charge in [0.05, 0.1) is 37.6 Å². The number of fused-ring (bicyclic) bond motifs is 5. The van der Waals surface area contributed by atoms with E-state index in [9.17, 15) is 0 Å². The molecule has 0 spiro atoms. The molecule has 0 bridgehead atoms. The Balaban J connectivity index is 1.35. The van der Waals surface area contributed by atoms with Crippen molar-refractivity contribution in [1.29, 1.82) is 0 Å². The van der Waals surface area contributed by atoms with Crippen LogP contribution >= 0.6 is 0 Å². The summed E-state index contributed by atoms with van der Waals surface area (Å²) in [6, 6.07) is 32.3. The van der Waals surface area contributed by atoms with E-state index in [1.807, 2.05) is 0 Å². The second kappa shape index (κ2) is 12.8. The Hall–Kier alpha value is -2.72. The largest absolute Gasteiger partial charge is 0.371 e. The van der Waals surface area contributed by atoms with Crippen LogP contribution in [0.4, 0.5) is 0 Å². The van der Waals surface area contributed by atoms with Crippen molar-refractivity contribution in [2.24, 2.45) is 28.6 Å². The third-order valence-electron chi connectivity index (χ3n) is 12.8. The monoisotopic (exact) mass is 604 g/mol. The van der Waals surface area contributed by atoms with Gasteiger partial charge in [-0.2, -0.15) is 0 Å². The van der Waals surface area contributed by atoms with E-state index in [0.717, 1.165) is 6.42 Å². The lowest BCUT2D eigenvalue weighted by molar-refractivity contribution is -0.324. The summed E-state index contributed by atoms with van der Waals surface area (Å²) in [7, 11) is 0. The molecule has 3 aromatic carbocycles. The lowest BCUT2D eigenvalue weighted by Gasteiger charge is -2.69. The summed E-state index contributed by atoms with van der Waals surface area (Å²) in [5, 5.41) is 0. The molecule has 4 saturated carbocycles. The van der Waals surface area contributed by atoms with Crippen LogP contribution in [0.1, 0.15) is 88.8 Å². The predicted molar refractivity (Wildman–Crippen MR) is 181 cm³/mol. The number of ether oxygens (including phenoxy) is 3. The van der Waals surface area contributed by atoms with Crippen LogP contribution in [0.25, 0.3) is 0 Å². The summed E-state index contributed by atoms with van der Waals surface area (Å²) >= 11 is 0. The predicted octanol–water partition coefficient (Wildman–Crippen LogP) is 10.1. The molecule has 0 aliphatic heterocycles. The van der Waals surface area contributed by atoms with Crippen LogP contribution < -0.4 is 0 Å². The molecule has 0 amide bonds. The van der Waals surface area contributed by atoms with E-state index in [2.05, 4.69) is 118 Å². The smallest absolute Gasteiger partial charge is 0.0903 e. The average molecular weight is 605 g/mol. The maximum atomic E-state index is 7.59. The van der Waals surface area contributed by atoms with Crippen molar-refractivity contribution in [3.8, 4) is 0 Å². The van der Waals surface area contributed by atoms with Gasteiger partial charge in [0, 0.05) is 11.3 Å². The van der Waals surface area contributed by atoms with Crippen molar-refractivity contribution in [2.45, 2.75) is 110 Å². The minimum Gasteiger partial charge on any atom is -0.371 e. The van der Waals surface area contributed by atoms with E-state index in [-0.39, 0.29) is 34.6 Å². The first kappa shape index (κ1) is 30.9. The van der Waals surface area contributed by atoms with Gasteiger partial charge in [-0.1, -0.05) is 129 Å². The number of hydrogen-bond acceptors (Lipinski definition) is 3. The van der Waals surface area contributed by atoms with Crippen LogP contribution in [0.15, 0.2) is 103 Å². The van der Waals surface area contributed by atoms with E-state index in [1.165, 1.54) is 61.6 Å². The van der Waals surface area contributed by atoms with Crippen molar-refractivity contribution in [3.63, 3.8) is 0 Å². The molecule has 0 N–H and O–H groups in total. The van der Waals surface area contributed by atoms with Gasteiger partial charge in [0.15, 0.2) is 0 Å². The normalized spacial score (nSPS) is 36.7. The summed E-state index contributed by atoms with van der Waals surface area (Å²) < 4.78 is 22.1. The number of allylic oxidation sites excluding steroid dienone is 2. The Morgan fingerprint density at radius 3 is 1.82 bits per heavy atom. The molecule has 3 aromatic rings. The Kier molecular flexibility index (Phi) is 8.81. The summed E-state index contributed by atoms with van der Waals surface area (Å²) in [5.41, 5.74) is 5.29. The van der Waals surface area contributed by atoms with Gasteiger partial charge in [-0.25, -0.2) is 0 Å². The summed E-state index contributed by atoms with van der Waals surface area (Å²) in [6.07, 6.45) is 11.9. The van der Waals surface area contributed by atoms with Gasteiger partial charge in [-0.3, -0.25) is 0 Å². The van der Waals surface area contributed by atoms with Crippen LogP contribution in [0.2, 0.25) is 0 Å². The number of benzene rings is 3. The zero-order chi connectivity index (χ0) is 30.9. The quantitative estimate of drug-likeness (QED) is 0.228. The van der Waals surface area contributed by atoms with Crippen molar-refractivity contribution in [3.05, 3.63) is 119 Å². The van der Waals surface area contributed by atoms with Gasteiger partial charge in [-0.05, 0) is 79.4 Å². The van der Waals surface area contributed by atoms with Crippen molar-refractivity contribution in [1.82, 2.24) is 0 Å². The minimum atomic E-state index is -0.269. The van der Waals surface area contributed by atoms with Gasteiger partial charge in [-0.15, -0.1) is 0 Å². The molecule has 0 saturated heterocycles. The van der Waals surface area contributed by atoms with Gasteiger partial charge >= 0.3 is 0 Å². The molecular weight excluding hydrogens is 552 g/mol. The molecule has 0 aromatic heterocycles. The van der Waals surface area contributed by atoms with Crippen molar-refractivity contribution >= 4 is 0 Å². The minimum absolute atomic E-state index is 0.0126. The van der Waals surface area contributed by atoms with Gasteiger partial charge in [0.1, 0.15) is 0 Å². The second-order valence-electron chi connectivity index (χ2n) is 14.9. The van der Waals surface area contributed by atoms with Crippen molar-refractivity contribution < 1.29 is 14.2 Å². The summed E-state index contributed by atoms with van der Waals surface area (Å²) in [4.78, 5) is 0. The first-order chi connectivity index (χ1) is 22.0. The molecule has 238 valence electrons. The summed E-state index contributed by atoms with van der Waals surface area (Å²) in [5.74, 6) is 1.13. The van der Waals surface area contributed by atoms with Crippen LogP contribution in [0.3, 0.4) is 0 Å². The van der Waals surface area contributed by atoms with Crippen molar-refractivity contribution in [2.75, 3.05) is 0 Å². The van der Waals surface area contributed by atoms with E-state index in [1.54, 1.807) is 5.57 Å². The van der Waals surface area contributed by atoms with Gasteiger partial charge in [0.2, 0.25) is 0 Å². The summed E-state index contributed by atoms with van der Waals surface area (Å²) in [6.45, 7) is 9.28. The molecular formula is C42H52O3. The third-order valence-corrected chi connectivity index (χ3v) is 12.8. The van der Waals surface area contributed by atoms with Crippen LogP contribution in [-0.2, 0) is 34.0 Å². The molecule has 4 fully saturated rings. The highest BCUT2D eigenvalue weighted by Crippen LogP contribution is 2.71. The van der Waals surface area contributed by atoms with Crippen LogP contribution in [-0.4, -0.2) is 17.8 Å². The first-order valence-corrected chi connectivity index (χ1v) is 17.6. The third kappa shape index (κ3) is 5.43. The Morgan fingerprint density at radius 1 is 0.644 bits per heavy atom. The molecule has 3 heteroatoms. The standard InChI is InChI=1S/C42H52O3/c1-4-34-23-24-35-37-39(44-29-32-18-10-6-11-19-32)38(43-28-31-16-8-5-9-17-31)36-22-14-15-25-41(36,3)42(37,27-26-40(34,35)2)45-30-33-20-12-7-13-21-33/h4-13,16-21,35-39H,14-15,22-30H2,1-3H3/b34-4-/t35?,36?,37?,38-,39-,40-,41+,42-/m1/s1. The highest BCUT2D eigenvalue weighted by Gasteiger charge is 2.72. The lowest BCUT2D eigenvalue weighted by atomic mass is 9.41. The number of rotatable bonds is 9. The van der Waals surface area contributed by atoms with Gasteiger partial charge in [0.25, 0.3) is 0 Å². The van der Waals surface area contributed by atoms with E-state index >= 15 is 0 Å². The number of hydrogen-bond donors (Lipinski definition) is 0. The molecule has 0 radical (unpaired) electrons. The SMILES string of the molecule is C/C=C1/CCC2C3[C@@H](OCc4ccccc4)[C@H](OCc4ccccc4)C4CCCC[C@]4(C)[C@@]3(OCc3ccccc3)CC[C@]12C. The lowest BCUT2D eigenvalue weighted by Crippen LogP contribution is -2.73. The molecule has 4 aliphatic rings. The topological polar surface area (TPSA) is 27.7 Å². The zero-order valence-corrected chi connectivity index (χ0v) is 27.6. The average Bonchev–Trinajstić information content (AvgIpc) is 3.43. The molecule has 3 unspecified atom stereocenters. The van der Waals surface area contributed by atoms with E-state index < -0.39 is 0 Å². The molecule has 7 rings (SSSR count). The highest BCUT2D eigenvalue weighted by atomic mass is 16.5. The fourth-order valence-corrected chi connectivity index (χ4v) is 10.6. The van der Waals surface area contributed by atoms with Crippen LogP contribution in [0.5, 0.6) is 0 Å². The Labute approximate surface area is 271 Å². The molecule has 4 aliphatic carbocycles. The molecule has 3 nitrogen and oxygen atoms in total. The zero-order valence-electron chi connectivity index (χ0n) is 27.6.